The van der Waals surface area contributed by atoms with Gasteiger partial charge in [-0.3, -0.25) is 4.79 Å². The van der Waals surface area contributed by atoms with Gasteiger partial charge in [0.05, 0.1) is 15.7 Å². The fourth-order valence-corrected chi connectivity index (χ4v) is 3.24. The molecule has 0 saturated heterocycles. The molecule has 23 heavy (non-hydrogen) atoms. The highest BCUT2D eigenvalue weighted by Gasteiger charge is 2.23. The van der Waals surface area contributed by atoms with Gasteiger partial charge < -0.3 is 5.32 Å². The van der Waals surface area contributed by atoms with Gasteiger partial charge in [0.25, 0.3) is 0 Å². The number of Topliss-reactive ketones (excluding diaryl/α,β-unsaturated/α-hetero) is 1. The van der Waals surface area contributed by atoms with Crippen molar-refractivity contribution in [2.75, 3.05) is 0 Å². The van der Waals surface area contributed by atoms with Gasteiger partial charge in [0.15, 0.2) is 0 Å². The SMILES string of the molecule is N#C/C(C(=O)c1ccccc1Cl)=C1/NC(c2ccccc2)=CS1. The molecule has 0 saturated carbocycles. The van der Waals surface area contributed by atoms with Crippen LogP contribution in [-0.4, -0.2) is 5.78 Å². The number of nitriles is 1. The number of hydrogen-bond acceptors (Lipinski definition) is 4. The molecule has 5 heteroatoms. The summed E-state index contributed by atoms with van der Waals surface area (Å²) in [5.41, 5.74) is 2.25. The average Bonchev–Trinajstić information content (AvgIpc) is 3.06. The Bertz CT molecular complexity index is 866. The summed E-state index contributed by atoms with van der Waals surface area (Å²) in [5.74, 6) is -0.379. The summed E-state index contributed by atoms with van der Waals surface area (Å²) >= 11 is 7.39. The number of nitrogens with one attached hydrogen (secondary N) is 1. The van der Waals surface area contributed by atoms with Crippen LogP contribution >= 0.6 is 23.4 Å². The summed E-state index contributed by atoms with van der Waals surface area (Å²) in [5, 5.41) is 15.3. The van der Waals surface area contributed by atoms with E-state index in [-0.39, 0.29) is 11.4 Å². The molecule has 1 aliphatic heterocycles. The van der Waals surface area contributed by atoms with Crippen molar-refractivity contribution in [3.63, 3.8) is 0 Å². The monoisotopic (exact) mass is 338 g/mol. The third-order valence-electron chi connectivity index (χ3n) is 3.31. The normalized spacial score (nSPS) is 15.4. The topological polar surface area (TPSA) is 52.9 Å². The molecule has 0 radical (unpaired) electrons. The van der Waals surface area contributed by atoms with Crippen molar-refractivity contribution < 1.29 is 4.79 Å². The zero-order valence-electron chi connectivity index (χ0n) is 11.9. The van der Waals surface area contributed by atoms with Gasteiger partial charge in [-0.1, -0.05) is 65.8 Å². The number of carbonyl (C=O) groups excluding carboxylic acids is 1. The fourth-order valence-electron chi connectivity index (χ4n) is 2.16. The summed E-state index contributed by atoms with van der Waals surface area (Å²) in [7, 11) is 0. The maximum absolute atomic E-state index is 12.6. The fraction of sp³-hybridized carbons (Fsp3) is 0. The van der Waals surface area contributed by atoms with E-state index in [1.54, 1.807) is 24.3 Å². The number of ketones is 1. The Morgan fingerprint density at radius 2 is 1.78 bits per heavy atom. The van der Waals surface area contributed by atoms with Gasteiger partial charge in [0.1, 0.15) is 11.6 Å². The number of halogens is 1. The predicted molar refractivity (Wildman–Crippen MR) is 93.6 cm³/mol. The smallest absolute Gasteiger partial charge is 0.207 e. The van der Waals surface area contributed by atoms with E-state index in [9.17, 15) is 10.1 Å². The standard InChI is InChI=1S/C18H11ClN2OS/c19-15-9-5-4-8-13(15)17(22)14(10-20)18-21-16(11-23-18)12-6-2-1-3-7-12/h1-9,11,21H/b18-14+. The molecule has 0 aliphatic carbocycles. The molecule has 0 atom stereocenters. The Morgan fingerprint density at radius 3 is 2.48 bits per heavy atom. The summed E-state index contributed by atoms with van der Waals surface area (Å²) in [6.07, 6.45) is 0. The minimum Gasteiger partial charge on any atom is -0.348 e. The molecule has 1 heterocycles. The molecule has 1 aliphatic rings. The molecule has 0 unspecified atom stereocenters. The quantitative estimate of drug-likeness (QED) is 0.505. The number of nitrogens with zero attached hydrogens (tertiary/aromatic N) is 1. The van der Waals surface area contributed by atoms with Crippen molar-refractivity contribution in [2.45, 2.75) is 0 Å². The van der Waals surface area contributed by atoms with Crippen LogP contribution in [0.5, 0.6) is 0 Å². The molecular formula is C18H11ClN2OS. The van der Waals surface area contributed by atoms with Gasteiger partial charge in [0, 0.05) is 11.0 Å². The van der Waals surface area contributed by atoms with Crippen LogP contribution < -0.4 is 5.32 Å². The van der Waals surface area contributed by atoms with Crippen LogP contribution in [0.2, 0.25) is 5.02 Å². The molecule has 3 rings (SSSR count). The second-order valence-electron chi connectivity index (χ2n) is 4.77. The number of benzene rings is 2. The van der Waals surface area contributed by atoms with Crippen molar-refractivity contribution in [3.05, 3.63) is 86.8 Å². The van der Waals surface area contributed by atoms with Crippen LogP contribution in [0.4, 0.5) is 0 Å². The Morgan fingerprint density at radius 1 is 1.09 bits per heavy atom. The first-order chi connectivity index (χ1) is 11.2. The highest BCUT2D eigenvalue weighted by Crippen LogP contribution is 2.33. The second kappa shape index (κ2) is 6.74. The number of rotatable bonds is 3. The van der Waals surface area contributed by atoms with E-state index in [0.29, 0.717) is 15.6 Å². The van der Waals surface area contributed by atoms with Crippen LogP contribution in [0.3, 0.4) is 0 Å². The lowest BCUT2D eigenvalue weighted by Crippen LogP contribution is -2.12. The number of hydrogen-bond donors (Lipinski definition) is 1. The minimum absolute atomic E-state index is 0.0604. The molecule has 1 N–H and O–H groups in total. The lowest BCUT2D eigenvalue weighted by atomic mass is 10.0. The maximum Gasteiger partial charge on any atom is 0.207 e. The molecule has 0 spiro atoms. The largest absolute Gasteiger partial charge is 0.348 e. The van der Waals surface area contributed by atoms with Gasteiger partial charge in [-0.25, -0.2) is 0 Å². The third kappa shape index (κ3) is 3.16. The molecule has 112 valence electrons. The van der Waals surface area contributed by atoms with Crippen molar-refractivity contribution >= 4 is 34.8 Å². The molecular weight excluding hydrogens is 328 g/mol. The second-order valence-corrected chi connectivity index (χ2v) is 6.05. The van der Waals surface area contributed by atoms with Crippen molar-refractivity contribution in [1.29, 1.82) is 5.26 Å². The van der Waals surface area contributed by atoms with Crippen molar-refractivity contribution in [3.8, 4) is 6.07 Å². The van der Waals surface area contributed by atoms with Crippen molar-refractivity contribution in [1.82, 2.24) is 5.32 Å². The molecule has 3 nitrogen and oxygen atoms in total. The first-order valence-corrected chi connectivity index (χ1v) is 8.09. The van der Waals surface area contributed by atoms with Crippen molar-refractivity contribution in [2.24, 2.45) is 0 Å². The summed E-state index contributed by atoms with van der Waals surface area (Å²) in [4.78, 5) is 12.6. The Balaban J connectivity index is 1.91. The molecule has 2 aromatic rings. The Hall–Kier alpha value is -2.48. The first kappa shape index (κ1) is 15.4. The summed E-state index contributed by atoms with van der Waals surface area (Å²) in [6.45, 7) is 0. The Kier molecular flexibility index (Phi) is 4.52. The van der Waals surface area contributed by atoms with E-state index in [1.807, 2.05) is 41.8 Å². The lowest BCUT2D eigenvalue weighted by Gasteiger charge is -2.08. The van der Waals surface area contributed by atoms with E-state index in [0.717, 1.165) is 11.3 Å². The maximum atomic E-state index is 12.6. The lowest BCUT2D eigenvalue weighted by molar-refractivity contribution is 0.103. The molecule has 2 aromatic carbocycles. The number of allylic oxidation sites excluding steroid dienone is 1. The Labute approximate surface area is 143 Å². The number of carbonyl (C=O) groups is 1. The van der Waals surface area contributed by atoms with Gasteiger partial charge in [-0.2, -0.15) is 5.26 Å². The highest BCUT2D eigenvalue weighted by molar-refractivity contribution is 8.06. The van der Waals surface area contributed by atoms with E-state index in [4.69, 9.17) is 11.6 Å². The van der Waals surface area contributed by atoms with Crippen LogP contribution in [0.1, 0.15) is 15.9 Å². The molecule has 0 bridgehead atoms. The average molecular weight is 339 g/mol. The summed E-state index contributed by atoms with van der Waals surface area (Å²) in [6, 6.07) is 18.5. The van der Waals surface area contributed by atoms with Crippen LogP contribution in [0.25, 0.3) is 5.70 Å². The van der Waals surface area contributed by atoms with Gasteiger partial charge >= 0.3 is 0 Å². The first-order valence-electron chi connectivity index (χ1n) is 6.83. The van der Waals surface area contributed by atoms with E-state index in [1.165, 1.54) is 11.8 Å². The van der Waals surface area contributed by atoms with Gasteiger partial charge in [-0.15, -0.1) is 0 Å². The number of thioether (sulfide) groups is 1. The zero-order valence-corrected chi connectivity index (χ0v) is 13.5. The van der Waals surface area contributed by atoms with E-state index >= 15 is 0 Å². The molecule has 0 amide bonds. The van der Waals surface area contributed by atoms with Gasteiger partial charge in [-0.05, 0) is 17.7 Å². The summed E-state index contributed by atoms with van der Waals surface area (Å²) < 4.78 is 0. The highest BCUT2D eigenvalue weighted by atomic mass is 35.5. The van der Waals surface area contributed by atoms with E-state index in [2.05, 4.69) is 5.32 Å². The zero-order chi connectivity index (χ0) is 16.2. The van der Waals surface area contributed by atoms with Crippen LogP contribution in [0, 0.1) is 11.3 Å². The third-order valence-corrected chi connectivity index (χ3v) is 4.54. The van der Waals surface area contributed by atoms with Crippen LogP contribution in [-0.2, 0) is 0 Å². The molecule has 0 fully saturated rings. The van der Waals surface area contributed by atoms with Crippen LogP contribution in [0.15, 0.2) is 70.6 Å². The predicted octanol–water partition coefficient (Wildman–Crippen LogP) is 4.59. The van der Waals surface area contributed by atoms with Gasteiger partial charge in [0.2, 0.25) is 5.78 Å². The van der Waals surface area contributed by atoms with E-state index < -0.39 is 0 Å². The minimum atomic E-state index is -0.379. The molecule has 0 aromatic heterocycles.